The van der Waals surface area contributed by atoms with Gasteiger partial charge in [0.05, 0.1) is 30.7 Å². The van der Waals surface area contributed by atoms with Crippen LogP contribution in [-0.2, 0) is 28.7 Å². The average molecular weight is 710 g/mol. The van der Waals surface area contributed by atoms with Crippen molar-refractivity contribution >= 4 is 28.8 Å². The number of nitrogens with zero attached hydrogens (tertiary/aromatic N) is 3. The fraction of sp³-hybridized carbons (Fsp3) is 0.395. The van der Waals surface area contributed by atoms with Crippen LogP contribution in [0.25, 0.3) is 10.6 Å². The lowest BCUT2D eigenvalue weighted by molar-refractivity contribution is -0.158. The number of hydrogen-bond donors (Lipinski definition) is 0. The third-order valence-corrected chi connectivity index (χ3v) is 9.82. The number of aromatic nitrogens is 1. The Morgan fingerprint density at radius 2 is 1.64 bits per heavy atom. The molecule has 1 fully saturated rings. The van der Waals surface area contributed by atoms with E-state index in [1.807, 2.05) is 31.2 Å². The number of esters is 1. The maximum atomic E-state index is 13.4. The van der Waals surface area contributed by atoms with Crippen LogP contribution >= 0.6 is 11.3 Å². The van der Waals surface area contributed by atoms with Crippen LogP contribution in [0.5, 0.6) is 11.5 Å². The number of ketones is 1. The van der Waals surface area contributed by atoms with Crippen molar-refractivity contribution in [3.8, 4) is 22.1 Å². The van der Waals surface area contributed by atoms with Crippen LogP contribution in [0.2, 0.25) is 0 Å². The largest absolute Gasteiger partial charge is 0.495 e. The van der Waals surface area contributed by atoms with E-state index in [4.69, 9.17) is 19.2 Å². The van der Waals surface area contributed by atoms with Crippen LogP contribution < -0.4 is 14.4 Å². The first-order valence-corrected chi connectivity index (χ1v) is 17.4. The average Bonchev–Trinajstić information content (AvgIpc) is 3.50. The Labute approximate surface area is 294 Å². The maximum absolute atomic E-state index is 13.4. The van der Waals surface area contributed by atoms with Crippen LogP contribution in [0.3, 0.4) is 0 Å². The van der Waals surface area contributed by atoms with Crippen LogP contribution in [0, 0.1) is 6.92 Å². The summed E-state index contributed by atoms with van der Waals surface area (Å²) in [5.41, 5.74) is 1.79. The summed E-state index contributed by atoms with van der Waals surface area (Å²) in [6.07, 6.45) is -3.78. The van der Waals surface area contributed by atoms with E-state index >= 15 is 0 Å². The molecule has 1 aromatic heterocycles. The number of thiazole rings is 1. The summed E-state index contributed by atoms with van der Waals surface area (Å²) in [7, 11) is 1.66. The molecule has 1 saturated heterocycles. The van der Waals surface area contributed by atoms with Crippen LogP contribution in [-0.4, -0.2) is 67.1 Å². The Balaban J connectivity index is 1.31. The van der Waals surface area contributed by atoms with Crippen LogP contribution in [0.15, 0.2) is 66.7 Å². The number of hydrogen-bond acceptors (Lipinski definition) is 9. The first-order valence-electron chi connectivity index (χ1n) is 16.6. The van der Waals surface area contributed by atoms with Crippen molar-refractivity contribution < 1.29 is 37.0 Å². The molecule has 0 N–H and O–H groups in total. The van der Waals surface area contributed by atoms with Gasteiger partial charge in [0.25, 0.3) is 0 Å². The Morgan fingerprint density at radius 1 is 0.940 bits per heavy atom. The van der Waals surface area contributed by atoms with Gasteiger partial charge in [0.2, 0.25) is 0 Å². The normalized spacial score (nSPS) is 14.0. The lowest BCUT2D eigenvalue weighted by Crippen LogP contribution is -2.46. The predicted molar refractivity (Wildman–Crippen MR) is 188 cm³/mol. The number of ether oxygens (including phenoxy) is 3. The molecular weight excluding hydrogens is 667 g/mol. The number of alkyl halides is 3. The fourth-order valence-corrected chi connectivity index (χ4v) is 6.88. The van der Waals surface area contributed by atoms with Gasteiger partial charge in [-0.1, -0.05) is 24.3 Å². The molecule has 0 unspecified atom stereocenters. The van der Waals surface area contributed by atoms with E-state index in [2.05, 4.69) is 9.80 Å². The number of aryl methyl sites for hydroxylation is 2. The molecule has 3 aromatic carbocycles. The van der Waals surface area contributed by atoms with E-state index in [9.17, 15) is 22.8 Å². The van der Waals surface area contributed by atoms with E-state index in [1.165, 1.54) is 23.5 Å². The van der Waals surface area contributed by atoms with Gasteiger partial charge in [-0.3, -0.25) is 9.69 Å². The number of Topliss-reactive ketones (excluding diaryl/α,β-unsaturated/α-hetero) is 1. The van der Waals surface area contributed by atoms with Crippen molar-refractivity contribution in [3.63, 3.8) is 0 Å². The summed E-state index contributed by atoms with van der Waals surface area (Å²) in [5.74, 6) is 0.766. The van der Waals surface area contributed by atoms with Crippen molar-refractivity contribution in [2.75, 3.05) is 44.8 Å². The minimum atomic E-state index is -4.43. The van der Waals surface area contributed by atoms with Crippen molar-refractivity contribution in [1.29, 1.82) is 0 Å². The van der Waals surface area contributed by atoms with Gasteiger partial charge in [0, 0.05) is 55.1 Å². The minimum Gasteiger partial charge on any atom is -0.495 e. The Bertz CT molecular complexity index is 1800. The van der Waals surface area contributed by atoms with Gasteiger partial charge in [-0.05, 0) is 82.1 Å². The highest BCUT2D eigenvalue weighted by atomic mass is 32.1. The highest BCUT2D eigenvalue weighted by molar-refractivity contribution is 7.15. The van der Waals surface area contributed by atoms with Crippen molar-refractivity contribution in [3.05, 3.63) is 94.0 Å². The Morgan fingerprint density at radius 3 is 2.28 bits per heavy atom. The van der Waals surface area contributed by atoms with E-state index < -0.39 is 23.3 Å². The van der Waals surface area contributed by atoms with Gasteiger partial charge < -0.3 is 19.1 Å². The SMILES string of the molecule is CCOC(=O)C(C)(C)Oc1ccc(C(=O)CCc2sc(-c3ccc(C(F)(F)F)cc3)nc2CN2CCN(c3ccccc3OC)CC2)cc1C. The van der Waals surface area contributed by atoms with E-state index in [1.54, 1.807) is 46.1 Å². The van der Waals surface area contributed by atoms with Crippen LogP contribution in [0.1, 0.15) is 59.2 Å². The molecule has 0 bridgehead atoms. The zero-order valence-electron chi connectivity index (χ0n) is 28.9. The standard InChI is InChI=1S/C38H42F3N3O5S/c1-6-48-36(46)37(3,4)49-32-17-13-27(23-25(32)2)31(45)16-18-34-29(42-35(50-34)26-11-14-28(15-12-26)38(39,40)41)24-43-19-21-44(22-20-43)30-9-7-8-10-33(30)47-5/h7-15,17,23H,6,16,18-22,24H2,1-5H3. The molecule has 266 valence electrons. The molecule has 50 heavy (non-hydrogen) atoms. The van der Waals surface area contributed by atoms with Gasteiger partial charge in [0.15, 0.2) is 11.4 Å². The van der Waals surface area contributed by atoms with Gasteiger partial charge in [-0.25, -0.2) is 9.78 Å². The number of rotatable bonds is 13. The lowest BCUT2D eigenvalue weighted by Gasteiger charge is -2.36. The quantitative estimate of drug-likeness (QED) is 0.102. The molecule has 0 aliphatic carbocycles. The molecule has 0 radical (unpaired) electrons. The van der Waals surface area contributed by atoms with E-state index in [-0.39, 0.29) is 18.8 Å². The number of halogens is 3. The van der Waals surface area contributed by atoms with Gasteiger partial charge in [-0.2, -0.15) is 13.2 Å². The van der Waals surface area contributed by atoms with E-state index in [0.717, 1.165) is 60.3 Å². The zero-order chi connectivity index (χ0) is 36.1. The predicted octanol–water partition coefficient (Wildman–Crippen LogP) is 8.00. The highest BCUT2D eigenvalue weighted by Gasteiger charge is 2.32. The summed E-state index contributed by atoms with van der Waals surface area (Å²) in [4.78, 5) is 36.2. The monoisotopic (exact) mass is 709 g/mol. The molecule has 1 aliphatic heterocycles. The molecule has 2 heterocycles. The second kappa shape index (κ2) is 15.6. The molecule has 4 aromatic rings. The zero-order valence-corrected chi connectivity index (χ0v) is 29.7. The topological polar surface area (TPSA) is 81.2 Å². The van der Waals surface area contributed by atoms with Gasteiger partial charge in [0.1, 0.15) is 16.5 Å². The third-order valence-electron chi connectivity index (χ3n) is 8.62. The first kappa shape index (κ1) is 36.9. The Kier molecular flexibility index (Phi) is 11.5. The summed E-state index contributed by atoms with van der Waals surface area (Å²) in [6, 6.07) is 18.1. The van der Waals surface area contributed by atoms with Crippen molar-refractivity contribution in [2.24, 2.45) is 0 Å². The van der Waals surface area contributed by atoms with Crippen LogP contribution in [0.4, 0.5) is 18.9 Å². The van der Waals surface area contributed by atoms with Gasteiger partial charge >= 0.3 is 12.1 Å². The number of carbonyl (C=O) groups excluding carboxylic acids is 2. The number of methoxy groups -OCH3 is 1. The minimum absolute atomic E-state index is 0.0647. The van der Waals surface area contributed by atoms with Crippen molar-refractivity contribution in [2.45, 2.75) is 58.9 Å². The molecule has 12 heteroatoms. The summed E-state index contributed by atoms with van der Waals surface area (Å²) >= 11 is 1.41. The number of piperazine rings is 1. The number of para-hydroxylation sites is 2. The van der Waals surface area contributed by atoms with Crippen molar-refractivity contribution in [1.82, 2.24) is 9.88 Å². The van der Waals surface area contributed by atoms with Gasteiger partial charge in [-0.15, -0.1) is 11.3 Å². The summed E-state index contributed by atoms with van der Waals surface area (Å²) in [6.45, 7) is 10.8. The summed E-state index contributed by atoms with van der Waals surface area (Å²) in [5, 5.41) is 0.616. The third kappa shape index (κ3) is 8.83. The number of carbonyl (C=O) groups is 2. The molecule has 8 nitrogen and oxygen atoms in total. The highest BCUT2D eigenvalue weighted by Crippen LogP contribution is 2.35. The molecule has 5 rings (SSSR count). The molecule has 1 aliphatic rings. The number of benzene rings is 3. The lowest BCUT2D eigenvalue weighted by atomic mass is 10.0. The maximum Gasteiger partial charge on any atom is 0.416 e. The molecule has 0 amide bonds. The Hall–Kier alpha value is -4.42. The molecule has 0 atom stereocenters. The smallest absolute Gasteiger partial charge is 0.416 e. The first-order chi connectivity index (χ1) is 23.8. The van der Waals surface area contributed by atoms with E-state index in [0.29, 0.717) is 40.4 Å². The molecule has 0 saturated carbocycles. The summed E-state index contributed by atoms with van der Waals surface area (Å²) < 4.78 is 56.3. The fourth-order valence-electron chi connectivity index (χ4n) is 5.81. The molecule has 0 spiro atoms. The number of anilines is 1. The second-order valence-corrected chi connectivity index (χ2v) is 13.7. The second-order valence-electron chi connectivity index (χ2n) is 12.6. The molecular formula is C38H42F3N3O5S.